The predicted octanol–water partition coefficient (Wildman–Crippen LogP) is 3.45. The summed E-state index contributed by atoms with van der Waals surface area (Å²) in [5.74, 6) is -0.864. The number of carbonyl (C=O) groups is 1. The van der Waals surface area contributed by atoms with Crippen molar-refractivity contribution in [2.75, 3.05) is 6.26 Å². The van der Waals surface area contributed by atoms with Gasteiger partial charge in [-0.25, -0.2) is 4.98 Å². The fraction of sp³-hybridized carbons (Fsp3) is 0.200. The van der Waals surface area contributed by atoms with Crippen molar-refractivity contribution in [2.45, 2.75) is 17.9 Å². The van der Waals surface area contributed by atoms with E-state index < -0.39 is 5.97 Å². The maximum absolute atomic E-state index is 10.6. The van der Waals surface area contributed by atoms with Crippen molar-refractivity contribution in [3.05, 3.63) is 34.9 Å². The molecule has 2 heterocycles. The van der Waals surface area contributed by atoms with E-state index >= 15 is 0 Å². The Kier molecular flexibility index (Phi) is 4.63. The van der Waals surface area contributed by atoms with Gasteiger partial charge in [-0.05, 0) is 28.3 Å². The molecule has 0 bridgehead atoms. The van der Waals surface area contributed by atoms with Crippen LogP contribution in [0.4, 0.5) is 0 Å². The normalized spacial score (nSPS) is 11.0. The summed E-state index contributed by atoms with van der Waals surface area (Å²) in [6.45, 7) is 0.281. The van der Waals surface area contributed by atoms with Crippen LogP contribution in [-0.4, -0.2) is 37.3 Å². The molecule has 0 aliphatic rings. The van der Waals surface area contributed by atoms with Gasteiger partial charge in [-0.1, -0.05) is 23.4 Å². The number of halogens is 1. The van der Waals surface area contributed by atoms with E-state index in [4.69, 9.17) is 5.11 Å². The first kappa shape index (κ1) is 15.9. The second kappa shape index (κ2) is 6.67. The smallest absolute Gasteiger partial charge is 0.305 e. The average Bonchev–Trinajstić information content (AvgIpc) is 3.01. The van der Waals surface area contributed by atoms with E-state index in [0.29, 0.717) is 11.4 Å². The Bertz CT molecular complexity index is 881. The van der Waals surface area contributed by atoms with Crippen molar-refractivity contribution >= 4 is 44.6 Å². The van der Waals surface area contributed by atoms with Crippen LogP contribution in [0.2, 0.25) is 0 Å². The topological polar surface area (TPSA) is 80.9 Å². The number of carboxylic acid groups (broad SMARTS) is 1. The molecule has 1 N–H and O–H groups in total. The van der Waals surface area contributed by atoms with Gasteiger partial charge in [0.1, 0.15) is 11.4 Å². The molecular formula is C15H13BrN4O2S. The summed E-state index contributed by atoms with van der Waals surface area (Å²) in [4.78, 5) is 16.4. The first-order valence-electron chi connectivity index (χ1n) is 6.84. The van der Waals surface area contributed by atoms with Crippen LogP contribution in [0.15, 0.2) is 39.8 Å². The highest BCUT2D eigenvalue weighted by Crippen LogP contribution is 2.38. The summed E-state index contributed by atoms with van der Waals surface area (Å²) in [7, 11) is 0. The molecule has 3 aromatic rings. The number of pyridine rings is 1. The number of para-hydroxylation sites is 1. The molecule has 8 heteroatoms. The zero-order valence-electron chi connectivity index (χ0n) is 12.2. The van der Waals surface area contributed by atoms with Crippen molar-refractivity contribution < 1.29 is 9.90 Å². The van der Waals surface area contributed by atoms with Gasteiger partial charge in [-0.15, -0.1) is 16.9 Å². The number of carboxylic acids is 1. The zero-order valence-corrected chi connectivity index (χ0v) is 14.6. The average molecular weight is 393 g/mol. The summed E-state index contributed by atoms with van der Waals surface area (Å²) in [5.41, 5.74) is 2.20. The maximum atomic E-state index is 10.6. The summed E-state index contributed by atoms with van der Waals surface area (Å²) in [5, 5.41) is 17.9. The molecule has 0 unspecified atom stereocenters. The third kappa shape index (κ3) is 3.23. The monoisotopic (exact) mass is 392 g/mol. The molecule has 3 rings (SSSR count). The fourth-order valence-corrected chi connectivity index (χ4v) is 3.91. The van der Waals surface area contributed by atoms with Crippen LogP contribution < -0.4 is 0 Å². The lowest BCUT2D eigenvalue weighted by Crippen LogP contribution is -2.04. The molecule has 0 amide bonds. The number of fused-ring (bicyclic) bond motifs is 1. The van der Waals surface area contributed by atoms with Crippen molar-refractivity contribution in [1.29, 1.82) is 0 Å². The van der Waals surface area contributed by atoms with Crippen molar-refractivity contribution in [3.8, 4) is 11.4 Å². The number of thioether (sulfide) groups is 1. The van der Waals surface area contributed by atoms with Crippen LogP contribution in [0.5, 0.6) is 0 Å². The van der Waals surface area contributed by atoms with Gasteiger partial charge in [-0.3, -0.25) is 9.48 Å². The lowest BCUT2D eigenvalue weighted by Gasteiger charge is -2.09. The van der Waals surface area contributed by atoms with E-state index in [1.807, 2.05) is 30.5 Å². The van der Waals surface area contributed by atoms with Crippen LogP contribution in [0, 0.1) is 0 Å². The van der Waals surface area contributed by atoms with E-state index in [1.165, 1.54) is 4.68 Å². The minimum Gasteiger partial charge on any atom is -0.481 e. The molecule has 23 heavy (non-hydrogen) atoms. The molecule has 0 spiro atoms. The third-order valence-corrected chi connectivity index (χ3v) is 5.20. The number of rotatable bonds is 5. The Morgan fingerprint density at radius 3 is 2.91 bits per heavy atom. The molecule has 0 aliphatic heterocycles. The molecule has 0 saturated heterocycles. The van der Waals surface area contributed by atoms with Crippen LogP contribution in [-0.2, 0) is 11.3 Å². The predicted molar refractivity (Wildman–Crippen MR) is 92.5 cm³/mol. The fourth-order valence-electron chi connectivity index (χ4n) is 2.25. The Hall–Kier alpha value is -1.93. The van der Waals surface area contributed by atoms with Gasteiger partial charge in [0.15, 0.2) is 0 Å². The van der Waals surface area contributed by atoms with Crippen LogP contribution in [0.25, 0.3) is 22.3 Å². The number of hydrogen-bond acceptors (Lipinski definition) is 5. The lowest BCUT2D eigenvalue weighted by atomic mass is 10.2. The molecule has 0 fully saturated rings. The molecule has 1 aromatic carbocycles. The Morgan fingerprint density at radius 1 is 1.39 bits per heavy atom. The number of hydrogen-bond donors (Lipinski definition) is 1. The second-order valence-electron chi connectivity index (χ2n) is 4.84. The van der Waals surface area contributed by atoms with E-state index in [0.717, 1.165) is 20.3 Å². The number of aromatic nitrogens is 4. The summed E-state index contributed by atoms with van der Waals surface area (Å²) >= 11 is 5.25. The highest BCUT2D eigenvalue weighted by molar-refractivity contribution is 9.10. The van der Waals surface area contributed by atoms with Crippen molar-refractivity contribution in [3.63, 3.8) is 0 Å². The Labute approximate surface area is 145 Å². The Morgan fingerprint density at radius 2 is 2.17 bits per heavy atom. The first-order chi connectivity index (χ1) is 11.1. The highest BCUT2D eigenvalue weighted by atomic mass is 79.9. The van der Waals surface area contributed by atoms with Gasteiger partial charge >= 0.3 is 5.97 Å². The molecule has 2 aromatic heterocycles. The highest BCUT2D eigenvalue weighted by Gasteiger charge is 2.16. The van der Waals surface area contributed by atoms with Gasteiger partial charge in [0.05, 0.1) is 29.2 Å². The quantitative estimate of drug-likeness (QED) is 0.669. The van der Waals surface area contributed by atoms with Crippen molar-refractivity contribution in [2.24, 2.45) is 0 Å². The Balaban J connectivity index is 2.06. The minimum absolute atomic E-state index is 0.00514. The molecule has 0 aliphatic carbocycles. The van der Waals surface area contributed by atoms with E-state index in [2.05, 4.69) is 31.2 Å². The van der Waals surface area contributed by atoms with E-state index in [-0.39, 0.29) is 13.0 Å². The number of benzene rings is 1. The number of aliphatic carboxylic acids is 1. The zero-order chi connectivity index (χ0) is 16.4. The van der Waals surface area contributed by atoms with Gasteiger partial charge < -0.3 is 5.11 Å². The standard InChI is InChI=1S/C15H13BrN4O2S/c1-23-15-9-4-2-3-5-10(9)17-14(13(15)16)11-8-20(19-18-11)7-6-12(21)22/h2-5,8H,6-7H2,1H3,(H,21,22). The second-order valence-corrected chi connectivity index (χ2v) is 6.44. The number of nitrogens with zero attached hydrogens (tertiary/aromatic N) is 4. The first-order valence-corrected chi connectivity index (χ1v) is 8.86. The van der Waals surface area contributed by atoms with Crippen LogP contribution in [0.1, 0.15) is 6.42 Å². The SMILES string of the molecule is CSc1c(Br)c(-c2cn(CCC(=O)O)nn2)nc2ccccc12. The molecule has 0 radical (unpaired) electrons. The maximum Gasteiger partial charge on any atom is 0.305 e. The van der Waals surface area contributed by atoms with Crippen molar-refractivity contribution in [1.82, 2.24) is 20.0 Å². The largest absolute Gasteiger partial charge is 0.481 e. The summed E-state index contributed by atoms with van der Waals surface area (Å²) in [6, 6.07) is 7.92. The molecule has 0 saturated carbocycles. The lowest BCUT2D eigenvalue weighted by molar-refractivity contribution is -0.137. The van der Waals surface area contributed by atoms with E-state index in [9.17, 15) is 4.79 Å². The van der Waals surface area contributed by atoms with E-state index in [1.54, 1.807) is 18.0 Å². The minimum atomic E-state index is -0.864. The molecule has 0 atom stereocenters. The number of aryl methyl sites for hydroxylation is 1. The van der Waals surface area contributed by atoms with Crippen LogP contribution >= 0.6 is 27.7 Å². The third-order valence-electron chi connectivity index (χ3n) is 3.33. The molecule has 6 nitrogen and oxygen atoms in total. The van der Waals surface area contributed by atoms with Gasteiger partial charge in [0.2, 0.25) is 0 Å². The molecular weight excluding hydrogens is 380 g/mol. The summed E-state index contributed by atoms with van der Waals surface area (Å²) in [6.07, 6.45) is 3.74. The van der Waals surface area contributed by atoms with Gasteiger partial charge in [0.25, 0.3) is 0 Å². The summed E-state index contributed by atoms with van der Waals surface area (Å²) < 4.78 is 2.39. The van der Waals surface area contributed by atoms with Gasteiger partial charge in [0, 0.05) is 10.3 Å². The van der Waals surface area contributed by atoms with Crippen LogP contribution in [0.3, 0.4) is 0 Å². The molecule has 118 valence electrons. The van der Waals surface area contributed by atoms with Gasteiger partial charge in [-0.2, -0.15) is 0 Å².